The number of carboxylic acid groups (broad SMARTS) is 1. The van der Waals surface area contributed by atoms with E-state index in [-0.39, 0.29) is 23.9 Å². The van der Waals surface area contributed by atoms with Gasteiger partial charge in [-0.2, -0.15) is 0 Å². The fourth-order valence-electron chi connectivity index (χ4n) is 9.76. The lowest BCUT2D eigenvalue weighted by molar-refractivity contribution is -0.149. The molecular formula is C52H72N2O7. The van der Waals surface area contributed by atoms with Crippen molar-refractivity contribution >= 4 is 33.5 Å². The van der Waals surface area contributed by atoms with Gasteiger partial charge in [0.25, 0.3) is 0 Å². The van der Waals surface area contributed by atoms with Crippen LogP contribution in [-0.4, -0.2) is 82.1 Å². The molecule has 2 aliphatic carbocycles. The maximum atomic E-state index is 11.8. The van der Waals surface area contributed by atoms with Gasteiger partial charge in [-0.05, 0) is 181 Å². The molecule has 0 amide bonds. The van der Waals surface area contributed by atoms with E-state index in [4.69, 9.17) is 14.6 Å². The molecule has 0 atom stereocenters. The number of aliphatic carboxylic acids is 1. The van der Waals surface area contributed by atoms with Crippen LogP contribution >= 0.6 is 0 Å². The number of aliphatic hydroxyl groups is 1. The highest BCUT2D eigenvalue weighted by Crippen LogP contribution is 2.37. The van der Waals surface area contributed by atoms with Crippen LogP contribution in [0.25, 0.3) is 21.5 Å². The van der Waals surface area contributed by atoms with Gasteiger partial charge < -0.3 is 24.8 Å². The number of aliphatic hydroxyl groups excluding tert-OH is 1. The summed E-state index contributed by atoms with van der Waals surface area (Å²) in [5.41, 5.74) is 4.59. The average Bonchev–Trinajstić information content (AvgIpc) is 3.26. The van der Waals surface area contributed by atoms with E-state index < -0.39 is 5.97 Å². The molecule has 332 valence electrons. The number of phenols is 1. The first-order chi connectivity index (χ1) is 29.4. The zero-order valence-corrected chi connectivity index (χ0v) is 37.5. The molecule has 8 rings (SSSR count). The summed E-state index contributed by atoms with van der Waals surface area (Å²) in [5.74, 6) is 2.16. The van der Waals surface area contributed by atoms with Crippen molar-refractivity contribution in [2.75, 3.05) is 32.8 Å². The van der Waals surface area contributed by atoms with Gasteiger partial charge in [0.1, 0.15) is 11.5 Å². The fraction of sp³-hybridized carbons (Fsp3) is 0.577. The zero-order valence-electron chi connectivity index (χ0n) is 37.5. The number of phenolic OH excluding ortho intramolecular Hbond substituents is 1. The molecule has 4 aliphatic rings. The largest absolute Gasteiger partial charge is 0.508 e. The van der Waals surface area contributed by atoms with Crippen molar-refractivity contribution in [1.29, 1.82) is 0 Å². The van der Waals surface area contributed by atoms with Crippen LogP contribution in [0.3, 0.4) is 0 Å². The molecule has 4 aromatic rings. The van der Waals surface area contributed by atoms with Crippen molar-refractivity contribution in [3.05, 3.63) is 82.9 Å². The highest BCUT2D eigenvalue weighted by molar-refractivity contribution is 5.91. The number of nitrogens with zero attached hydrogens (tertiary/aromatic N) is 2. The lowest BCUT2D eigenvalue weighted by atomic mass is 9.89. The molecule has 2 aliphatic heterocycles. The SMILES string of the molecule is CC1CCC(O)CC1.CCOC(=O)C1CCN(Cc2c(O)cc(C)c3ccccc23)CC1.Cc1cc(OC2CCC(C)CC2)c(CN2CCC(C(=O)O)CC2)c2ccccc12. The number of carbonyl (C=O) groups excluding carboxylic acids is 1. The van der Waals surface area contributed by atoms with Crippen LogP contribution in [-0.2, 0) is 27.4 Å². The van der Waals surface area contributed by atoms with E-state index in [2.05, 4.69) is 73.0 Å². The number of carbonyl (C=O) groups is 2. The van der Waals surface area contributed by atoms with E-state index >= 15 is 0 Å². The summed E-state index contributed by atoms with van der Waals surface area (Å²) in [7, 11) is 0. The van der Waals surface area contributed by atoms with Crippen LogP contribution < -0.4 is 4.74 Å². The Morgan fingerprint density at radius 1 is 0.639 bits per heavy atom. The van der Waals surface area contributed by atoms with Crippen molar-refractivity contribution < 1.29 is 34.4 Å². The molecule has 4 fully saturated rings. The Balaban J connectivity index is 0.000000175. The minimum absolute atomic E-state index is 0.0181. The summed E-state index contributed by atoms with van der Waals surface area (Å²) in [6, 6.07) is 20.9. The molecule has 0 unspecified atom stereocenters. The first-order valence-corrected chi connectivity index (χ1v) is 23.3. The first-order valence-electron chi connectivity index (χ1n) is 23.3. The second-order valence-electron chi connectivity index (χ2n) is 18.6. The Bertz CT molecular complexity index is 2020. The molecule has 61 heavy (non-hydrogen) atoms. The molecule has 0 radical (unpaired) electrons. The Kier molecular flexibility index (Phi) is 16.9. The van der Waals surface area contributed by atoms with Crippen LogP contribution in [0.2, 0.25) is 0 Å². The van der Waals surface area contributed by atoms with Gasteiger partial charge in [-0.1, -0.05) is 62.4 Å². The smallest absolute Gasteiger partial charge is 0.309 e. The van der Waals surface area contributed by atoms with Crippen molar-refractivity contribution in [1.82, 2.24) is 9.80 Å². The van der Waals surface area contributed by atoms with E-state index in [9.17, 15) is 19.8 Å². The van der Waals surface area contributed by atoms with Crippen LogP contribution in [0, 0.1) is 37.5 Å². The van der Waals surface area contributed by atoms with Gasteiger partial charge in [0.05, 0.1) is 30.7 Å². The van der Waals surface area contributed by atoms with E-state index in [0.29, 0.717) is 25.0 Å². The van der Waals surface area contributed by atoms with Crippen LogP contribution in [0.1, 0.15) is 120 Å². The van der Waals surface area contributed by atoms with Crippen molar-refractivity contribution in [2.45, 2.75) is 137 Å². The van der Waals surface area contributed by atoms with E-state index in [1.807, 2.05) is 32.0 Å². The number of esters is 1. The lowest BCUT2D eigenvalue weighted by Gasteiger charge is -2.32. The predicted octanol–water partition coefficient (Wildman–Crippen LogP) is 10.6. The summed E-state index contributed by atoms with van der Waals surface area (Å²) < 4.78 is 11.7. The number of fused-ring (bicyclic) bond motifs is 2. The van der Waals surface area contributed by atoms with Gasteiger partial charge in [0.2, 0.25) is 0 Å². The summed E-state index contributed by atoms with van der Waals surface area (Å²) >= 11 is 0. The molecule has 0 bridgehead atoms. The highest BCUT2D eigenvalue weighted by atomic mass is 16.5. The Hall–Kier alpha value is -4.18. The van der Waals surface area contributed by atoms with Crippen molar-refractivity contribution in [3.63, 3.8) is 0 Å². The molecule has 0 aromatic heterocycles. The van der Waals surface area contributed by atoms with Gasteiger partial charge in [0.15, 0.2) is 0 Å². The number of rotatable bonds is 9. The maximum Gasteiger partial charge on any atom is 0.309 e. The Morgan fingerprint density at radius 3 is 1.61 bits per heavy atom. The molecule has 9 heteroatoms. The molecule has 0 spiro atoms. The molecule has 2 saturated carbocycles. The number of hydrogen-bond donors (Lipinski definition) is 3. The van der Waals surface area contributed by atoms with Crippen LogP contribution in [0.15, 0.2) is 60.7 Å². The van der Waals surface area contributed by atoms with E-state index in [0.717, 1.165) is 118 Å². The molecule has 3 N–H and O–H groups in total. The standard InChI is InChI=1S/C25H33NO3.C20H25NO3.C7H14O/c1-17-7-9-20(10-8-17)29-24-15-18(2)21-5-3-4-6-22(21)23(24)16-26-13-11-19(12-14-26)25(27)28;1-3-24-20(23)15-8-10-21(11-9-15)13-18-17-7-5-4-6-16(17)14(2)12-19(18)22;1-6-2-4-7(8)5-3-6/h3-6,15,17,19-20H,7-14,16H2,1-2H3,(H,27,28);4-7,12,15,22H,3,8-11,13H2,1-2H3;6-8H,2-5H2,1H3. The van der Waals surface area contributed by atoms with Crippen LogP contribution in [0.4, 0.5) is 0 Å². The second-order valence-corrected chi connectivity index (χ2v) is 18.6. The number of ether oxygens (including phenoxy) is 2. The monoisotopic (exact) mass is 837 g/mol. The number of likely N-dealkylation sites (tertiary alicyclic amines) is 2. The van der Waals surface area contributed by atoms with Gasteiger partial charge in [-0.25, -0.2) is 0 Å². The molecule has 2 heterocycles. The molecular weight excluding hydrogens is 765 g/mol. The number of benzene rings is 4. The molecule has 9 nitrogen and oxygen atoms in total. The topological polar surface area (TPSA) is 120 Å². The predicted molar refractivity (Wildman–Crippen MR) is 245 cm³/mol. The Labute approximate surface area is 364 Å². The Morgan fingerprint density at radius 2 is 1.10 bits per heavy atom. The number of aryl methyl sites for hydroxylation is 2. The summed E-state index contributed by atoms with van der Waals surface area (Å²) in [4.78, 5) is 27.8. The molecule has 2 saturated heterocycles. The zero-order chi connectivity index (χ0) is 43.5. The van der Waals surface area contributed by atoms with Gasteiger partial charge in [-0.15, -0.1) is 0 Å². The summed E-state index contributed by atoms with van der Waals surface area (Å²) in [6.07, 6.45) is 12.7. The third-order valence-electron chi connectivity index (χ3n) is 13.8. The fourth-order valence-corrected chi connectivity index (χ4v) is 9.76. The van der Waals surface area contributed by atoms with Crippen molar-refractivity contribution in [2.24, 2.45) is 23.7 Å². The van der Waals surface area contributed by atoms with E-state index in [1.165, 1.54) is 53.0 Å². The quantitative estimate of drug-likeness (QED) is 0.142. The maximum absolute atomic E-state index is 11.8. The highest BCUT2D eigenvalue weighted by Gasteiger charge is 2.28. The normalized spacial score (nSPS) is 23.0. The number of hydrogen-bond acceptors (Lipinski definition) is 8. The van der Waals surface area contributed by atoms with Gasteiger partial charge >= 0.3 is 11.9 Å². The summed E-state index contributed by atoms with van der Waals surface area (Å²) in [6.45, 7) is 16.0. The van der Waals surface area contributed by atoms with E-state index in [1.54, 1.807) is 0 Å². The minimum atomic E-state index is -0.652. The lowest BCUT2D eigenvalue weighted by Crippen LogP contribution is -2.36. The third-order valence-corrected chi connectivity index (χ3v) is 13.8. The summed E-state index contributed by atoms with van der Waals surface area (Å²) in [5, 5.41) is 33.6. The van der Waals surface area contributed by atoms with Gasteiger partial charge in [0, 0.05) is 24.2 Å². The minimum Gasteiger partial charge on any atom is -0.508 e. The first kappa shape index (κ1) is 46.3. The van der Waals surface area contributed by atoms with Crippen molar-refractivity contribution in [3.8, 4) is 11.5 Å². The number of piperidine rings is 2. The third kappa shape index (κ3) is 12.7. The number of carboxylic acids is 1. The van der Waals surface area contributed by atoms with Gasteiger partial charge in [-0.3, -0.25) is 19.4 Å². The average molecular weight is 837 g/mol. The second kappa shape index (κ2) is 22.3. The van der Waals surface area contributed by atoms with Crippen LogP contribution in [0.5, 0.6) is 11.5 Å². The molecule has 4 aromatic carbocycles. The number of aromatic hydroxyl groups is 1.